The van der Waals surface area contributed by atoms with Crippen molar-refractivity contribution in [1.29, 1.82) is 0 Å². The molecule has 0 fully saturated rings. The molecule has 4 N–H and O–H groups in total. The number of amides is 2. The van der Waals surface area contributed by atoms with E-state index < -0.39 is 17.8 Å². The lowest BCUT2D eigenvalue weighted by atomic mass is 10.2. The molecule has 0 aliphatic carbocycles. The minimum absolute atomic E-state index is 0.259. The number of rotatable bonds is 3. The van der Waals surface area contributed by atoms with Gasteiger partial charge in [0.05, 0.1) is 5.56 Å². The summed E-state index contributed by atoms with van der Waals surface area (Å²) in [5, 5.41) is 10.4. The zero-order valence-corrected chi connectivity index (χ0v) is 12.0. The summed E-state index contributed by atoms with van der Waals surface area (Å²) in [6.07, 6.45) is -4.40. The summed E-state index contributed by atoms with van der Waals surface area (Å²) in [5.74, 6) is 0. The number of urea groups is 1. The lowest BCUT2D eigenvalue weighted by Crippen LogP contribution is -2.19. The van der Waals surface area contributed by atoms with Gasteiger partial charge in [-0.25, -0.2) is 4.79 Å². The predicted octanol–water partition coefficient (Wildman–Crippen LogP) is 4.32. The summed E-state index contributed by atoms with van der Waals surface area (Å²) in [6, 6.07) is 10.5. The molecule has 0 atom stereocenters. The van der Waals surface area contributed by atoms with Gasteiger partial charge in [0, 0.05) is 16.3 Å². The minimum atomic E-state index is -4.40. The quantitative estimate of drug-likeness (QED) is 0.736. The van der Waals surface area contributed by atoms with Gasteiger partial charge in [0.2, 0.25) is 0 Å². The van der Waals surface area contributed by atoms with E-state index >= 15 is 0 Å². The van der Waals surface area contributed by atoms with E-state index in [-0.39, 0.29) is 5.69 Å². The summed E-state index contributed by atoms with van der Waals surface area (Å²) in [4.78, 5) is 12.6. The maximum Gasteiger partial charge on any atom is 0.416 e. The van der Waals surface area contributed by atoms with E-state index in [1.54, 1.807) is 24.3 Å². The molecule has 8 heteroatoms. The highest BCUT2D eigenvalue weighted by Gasteiger charge is 2.29. The van der Waals surface area contributed by atoms with Gasteiger partial charge in [-0.2, -0.15) is 13.2 Å². The van der Waals surface area contributed by atoms with Crippen LogP contribution in [-0.4, -0.2) is 6.03 Å². The zero-order chi connectivity index (χ0) is 16.2. The lowest BCUT2D eigenvalue weighted by molar-refractivity contribution is -0.137. The maximum atomic E-state index is 12.4. The molecule has 22 heavy (non-hydrogen) atoms. The molecule has 0 aliphatic rings. The Morgan fingerprint density at radius 3 is 2.23 bits per heavy atom. The van der Waals surface area contributed by atoms with Crippen molar-refractivity contribution < 1.29 is 18.0 Å². The highest BCUT2D eigenvalue weighted by Crippen LogP contribution is 2.29. The van der Waals surface area contributed by atoms with E-state index in [4.69, 9.17) is 5.14 Å². The first kappa shape index (κ1) is 16.2. The lowest BCUT2D eigenvalue weighted by Gasteiger charge is -2.10. The predicted molar refractivity (Wildman–Crippen MR) is 80.6 cm³/mol. The van der Waals surface area contributed by atoms with E-state index in [9.17, 15) is 18.0 Å². The normalized spacial score (nSPS) is 11.1. The van der Waals surface area contributed by atoms with Gasteiger partial charge >= 0.3 is 12.2 Å². The van der Waals surface area contributed by atoms with Crippen molar-refractivity contribution >= 4 is 29.4 Å². The van der Waals surface area contributed by atoms with Gasteiger partial charge in [0.15, 0.2) is 0 Å². The third-order valence-corrected chi connectivity index (χ3v) is 3.22. The van der Waals surface area contributed by atoms with E-state index in [1.807, 2.05) is 0 Å². The van der Waals surface area contributed by atoms with Crippen molar-refractivity contribution in [2.24, 2.45) is 5.14 Å². The molecule has 0 aromatic heterocycles. The maximum absolute atomic E-state index is 12.4. The Morgan fingerprint density at radius 1 is 1.00 bits per heavy atom. The topological polar surface area (TPSA) is 67.1 Å². The molecule has 2 rings (SSSR count). The number of halogens is 3. The van der Waals surface area contributed by atoms with Crippen molar-refractivity contribution in [2.45, 2.75) is 11.1 Å². The number of benzene rings is 2. The molecule has 0 spiro atoms. The van der Waals surface area contributed by atoms with E-state index in [1.165, 1.54) is 12.1 Å². The van der Waals surface area contributed by atoms with Crippen LogP contribution in [0.4, 0.5) is 29.3 Å². The Labute approximate surface area is 129 Å². The van der Waals surface area contributed by atoms with Crippen molar-refractivity contribution in [1.82, 2.24) is 0 Å². The van der Waals surface area contributed by atoms with Crippen molar-refractivity contribution in [3.63, 3.8) is 0 Å². The molecule has 2 aromatic carbocycles. The number of hydrogen-bond donors (Lipinski definition) is 3. The second-order valence-corrected chi connectivity index (χ2v) is 5.01. The molecule has 2 amide bonds. The van der Waals surface area contributed by atoms with Crippen LogP contribution in [0.2, 0.25) is 0 Å². The molecule has 0 aliphatic heterocycles. The average Bonchev–Trinajstić information content (AvgIpc) is 2.47. The summed E-state index contributed by atoms with van der Waals surface area (Å²) < 4.78 is 37.3. The molecule has 2 aromatic rings. The zero-order valence-electron chi connectivity index (χ0n) is 11.1. The fraction of sp³-hybridized carbons (Fsp3) is 0.0714. The van der Waals surface area contributed by atoms with Crippen LogP contribution < -0.4 is 15.8 Å². The van der Waals surface area contributed by atoms with Gasteiger partial charge in [0.25, 0.3) is 0 Å². The largest absolute Gasteiger partial charge is 0.416 e. The Morgan fingerprint density at radius 2 is 1.64 bits per heavy atom. The van der Waals surface area contributed by atoms with E-state index in [2.05, 4.69) is 10.6 Å². The Bertz CT molecular complexity index is 659. The number of alkyl halides is 3. The number of nitrogens with one attached hydrogen (secondary N) is 2. The van der Waals surface area contributed by atoms with Crippen molar-refractivity contribution in [3.05, 3.63) is 54.1 Å². The van der Waals surface area contributed by atoms with Crippen LogP contribution in [0.5, 0.6) is 0 Å². The number of carbonyl (C=O) groups excluding carboxylic acids is 1. The van der Waals surface area contributed by atoms with Crippen molar-refractivity contribution in [2.75, 3.05) is 10.6 Å². The van der Waals surface area contributed by atoms with Crippen LogP contribution in [-0.2, 0) is 6.18 Å². The molecule has 0 bridgehead atoms. The molecule has 0 unspecified atom stereocenters. The minimum Gasteiger partial charge on any atom is -0.308 e. The van der Waals surface area contributed by atoms with Gasteiger partial charge in [-0.05, 0) is 54.4 Å². The van der Waals surface area contributed by atoms with Crippen LogP contribution >= 0.6 is 11.9 Å². The molecular formula is C14H12F3N3OS. The van der Waals surface area contributed by atoms with Crippen LogP contribution in [0.15, 0.2) is 53.4 Å². The smallest absolute Gasteiger partial charge is 0.308 e. The Hall–Kier alpha value is -2.19. The van der Waals surface area contributed by atoms with Crippen molar-refractivity contribution in [3.8, 4) is 0 Å². The summed E-state index contributed by atoms with van der Waals surface area (Å²) >= 11 is 1.04. The average molecular weight is 327 g/mol. The summed E-state index contributed by atoms with van der Waals surface area (Å²) in [6.45, 7) is 0. The highest BCUT2D eigenvalue weighted by atomic mass is 32.2. The first-order chi connectivity index (χ1) is 10.4. The van der Waals surface area contributed by atoms with Crippen LogP contribution in [0.25, 0.3) is 0 Å². The molecular weight excluding hydrogens is 315 g/mol. The molecule has 116 valence electrons. The fourth-order valence-electron chi connectivity index (χ4n) is 1.68. The summed E-state index contributed by atoms with van der Waals surface area (Å²) in [5.41, 5.74) is 0.0147. The van der Waals surface area contributed by atoms with Crippen LogP contribution in [0, 0.1) is 0 Å². The Kier molecular flexibility index (Phi) is 4.94. The second-order valence-electron chi connectivity index (χ2n) is 4.30. The number of anilines is 2. The number of hydrogen-bond acceptors (Lipinski definition) is 3. The summed E-state index contributed by atoms with van der Waals surface area (Å²) in [7, 11) is 0. The molecule has 0 radical (unpaired) electrons. The third-order valence-electron chi connectivity index (χ3n) is 2.70. The van der Waals surface area contributed by atoms with Gasteiger partial charge in [-0.3, -0.25) is 5.14 Å². The molecule has 4 nitrogen and oxygen atoms in total. The van der Waals surface area contributed by atoms with Crippen LogP contribution in [0.3, 0.4) is 0 Å². The van der Waals surface area contributed by atoms with Gasteiger partial charge < -0.3 is 10.6 Å². The van der Waals surface area contributed by atoms with Gasteiger partial charge in [-0.15, -0.1) is 0 Å². The number of nitrogens with two attached hydrogens (primary N) is 1. The fourth-order valence-corrected chi connectivity index (χ4v) is 2.04. The molecule has 0 heterocycles. The monoisotopic (exact) mass is 327 g/mol. The highest BCUT2D eigenvalue weighted by molar-refractivity contribution is 7.97. The first-order valence-electron chi connectivity index (χ1n) is 6.10. The SMILES string of the molecule is NSc1cccc(NC(=O)Nc2ccc(C(F)(F)F)cc2)c1. The first-order valence-corrected chi connectivity index (χ1v) is 6.98. The second kappa shape index (κ2) is 6.71. The number of carbonyl (C=O) groups is 1. The van der Waals surface area contributed by atoms with Gasteiger partial charge in [-0.1, -0.05) is 6.07 Å². The van der Waals surface area contributed by atoms with E-state index in [0.29, 0.717) is 5.69 Å². The van der Waals surface area contributed by atoms with Gasteiger partial charge in [0.1, 0.15) is 0 Å². The van der Waals surface area contributed by atoms with Crippen LogP contribution in [0.1, 0.15) is 5.56 Å². The standard InChI is InChI=1S/C14H12F3N3OS/c15-14(16,17)9-4-6-10(7-5-9)19-13(21)20-11-2-1-3-12(8-11)22-18/h1-8H,18H2,(H2,19,20,21). The van der Waals surface area contributed by atoms with E-state index in [0.717, 1.165) is 29.0 Å². The molecule has 0 saturated heterocycles. The molecule has 0 saturated carbocycles. The third kappa shape index (κ3) is 4.40. The Balaban J connectivity index is 1.99.